The van der Waals surface area contributed by atoms with Crippen molar-refractivity contribution in [2.24, 2.45) is 5.41 Å². The van der Waals surface area contributed by atoms with E-state index in [1.54, 1.807) is 12.3 Å². The summed E-state index contributed by atoms with van der Waals surface area (Å²) in [6.45, 7) is 0.637. The Balaban J connectivity index is 1.98. The van der Waals surface area contributed by atoms with Gasteiger partial charge in [-0.05, 0) is 40.9 Å². The lowest BCUT2D eigenvalue weighted by Crippen LogP contribution is -2.37. The van der Waals surface area contributed by atoms with Crippen molar-refractivity contribution in [1.29, 1.82) is 0 Å². The van der Waals surface area contributed by atoms with Crippen LogP contribution in [0.3, 0.4) is 0 Å². The SMILES string of the molecule is O=C(NCC1(CCl)CCCC1)c1ncccc1Br. The zero-order valence-corrected chi connectivity index (χ0v) is 12.4. The van der Waals surface area contributed by atoms with Gasteiger partial charge in [-0.3, -0.25) is 4.79 Å². The molecule has 1 fully saturated rings. The third-order valence-corrected chi connectivity index (χ3v) is 4.75. The molecule has 0 unspecified atom stereocenters. The van der Waals surface area contributed by atoms with Gasteiger partial charge in [0.05, 0.1) is 0 Å². The van der Waals surface area contributed by atoms with Crippen LogP contribution in [0.25, 0.3) is 0 Å². The van der Waals surface area contributed by atoms with Crippen molar-refractivity contribution >= 4 is 33.4 Å². The van der Waals surface area contributed by atoms with Gasteiger partial charge in [0.2, 0.25) is 0 Å². The Kier molecular flexibility index (Phi) is 4.62. The van der Waals surface area contributed by atoms with Gasteiger partial charge in [-0.2, -0.15) is 0 Å². The highest BCUT2D eigenvalue weighted by atomic mass is 79.9. The summed E-state index contributed by atoms with van der Waals surface area (Å²) in [5, 5.41) is 2.96. The van der Waals surface area contributed by atoms with E-state index in [4.69, 9.17) is 11.6 Å². The van der Waals surface area contributed by atoms with E-state index in [-0.39, 0.29) is 11.3 Å². The number of halogens is 2. The third-order valence-electron chi connectivity index (χ3n) is 3.55. The molecule has 1 saturated carbocycles. The van der Waals surface area contributed by atoms with Gasteiger partial charge in [0.15, 0.2) is 0 Å². The lowest BCUT2D eigenvalue weighted by molar-refractivity contribution is 0.0929. The topological polar surface area (TPSA) is 42.0 Å². The Morgan fingerprint density at radius 1 is 1.50 bits per heavy atom. The molecule has 0 aromatic carbocycles. The van der Waals surface area contributed by atoms with Crippen molar-refractivity contribution in [3.8, 4) is 0 Å². The smallest absolute Gasteiger partial charge is 0.271 e. The average Bonchev–Trinajstić information content (AvgIpc) is 2.86. The van der Waals surface area contributed by atoms with Crippen LogP contribution in [-0.2, 0) is 0 Å². The summed E-state index contributed by atoms with van der Waals surface area (Å²) in [6.07, 6.45) is 6.22. The number of hydrogen-bond donors (Lipinski definition) is 1. The molecule has 0 bridgehead atoms. The van der Waals surface area contributed by atoms with E-state index in [9.17, 15) is 4.79 Å². The van der Waals surface area contributed by atoms with Gasteiger partial charge in [-0.1, -0.05) is 12.8 Å². The molecule has 18 heavy (non-hydrogen) atoms. The van der Waals surface area contributed by atoms with Crippen LogP contribution in [0.1, 0.15) is 36.2 Å². The van der Waals surface area contributed by atoms with Gasteiger partial charge in [0.25, 0.3) is 5.91 Å². The van der Waals surface area contributed by atoms with Crippen molar-refractivity contribution in [3.05, 3.63) is 28.5 Å². The van der Waals surface area contributed by atoms with Crippen molar-refractivity contribution in [2.45, 2.75) is 25.7 Å². The number of carbonyl (C=O) groups excluding carboxylic acids is 1. The summed E-state index contributed by atoms with van der Waals surface area (Å²) in [7, 11) is 0. The van der Waals surface area contributed by atoms with E-state index >= 15 is 0 Å². The van der Waals surface area contributed by atoms with Crippen LogP contribution in [0.2, 0.25) is 0 Å². The molecule has 0 saturated heterocycles. The number of nitrogens with zero attached hydrogens (tertiary/aromatic N) is 1. The molecule has 0 radical (unpaired) electrons. The first-order valence-corrected chi connectivity index (χ1v) is 7.44. The van der Waals surface area contributed by atoms with E-state index in [1.165, 1.54) is 12.8 Å². The van der Waals surface area contributed by atoms with Gasteiger partial charge in [-0.15, -0.1) is 11.6 Å². The first-order chi connectivity index (χ1) is 8.67. The molecule has 0 aliphatic heterocycles. The summed E-state index contributed by atoms with van der Waals surface area (Å²) in [5.41, 5.74) is 0.513. The van der Waals surface area contributed by atoms with E-state index in [2.05, 4.69) is 26.2 Å². The molecule has 2 rings (SSSR count). The van der Waals surface area contributed by atoms with Gasteiger partial charge in [0, 0.05) is 28.5 Å². The fourth-order valence-electron chi connectivity index (χ4n) is 2.39. The summed E-state index contributed by atoms with van der Waals surface area (Å²) in [4.78, 5) is 16.1. The highest BCUT2D eigenvalue weighted by Gasteiger charge is 2.33. The van der Waals surface area contributed by atoms with Crippen LogP contribution in [0.4, 0.5) is 0 Å². The number of alkyl halides is 1. The average molecular weight is 332 g/mol. The van der Waals surface area contributed by atoms with Gasteiger partial charge < -0.3 is 5.32 Å². The molecular weight excluding hydrogens is 316 g/mol. The van der Waals surface area contributed by atoms with Crippen molar-refractivity contribution < 1.29 is 4.79 Å². The van der Waals surface area contributed by atoms with E-state index in [1.807, 2.05) is 6.07 Å². The maximum atomic E-state index is 12.0. The Hall–Kier alpha value is -0.610. The monoisotopic (exact) mass is 330 g/mol. The minimum atomic E-state index is -0.140. The predicted octanol–water partition coefficient (Wildman–Crippen LogP) is 3.37. The molecule has 1 amide bonds. The van der Waals surface area contributed by atoms with Crippen molar-refractivity contribution in [3.63, 3.8) is 0 Å². The highest BCUT2D eigenvalue weighted by molar-refractivity contribution is 9.10. The largest absolute Gasteiger partial charge is 0.350 e. The highest BCUT2D eigenvalue weighted by Crippen LogP contribution is 2.38. The molecular formula is C13H16BrClN2O. The fraction of sp³-hybridized carbons (Fsp3) is 0.538. The molecule has 1 aliphatic rings. The molecule has 5 heteroatoms. The summed E-state index contributed by atoms with van der Waals surface area (Å²) < 4.78 is 0.717. The van der Waals surface area contributed by atoms with Crippen molar-refractivity contribution in [2.75, 3.05) is 12.4 Å². The number of pyridine rings is 1. The number of aromatic nitrogens is 1. The number of rotatable bonds is 4. The molecule has 1 aromatic heterocycles. The minimum Gasteiger partial charge on any atom is -0.350 e. The van der Waals surface area contributed by atoms with E-state index in [0.717, 1.165) is 12.8 Å². The summed E-state index contributed by atoms with van der Waals surface area (Å²) >= 11 is 9.38. The normalized spacial score (nSPS) is 17.7. The van der Waals surface area contributed by atoms with E-state index in [0.29, 0.717) is 22.6 Å². The Labute approximate surface area is 120 Å². The summed E-state index contributed by atoms with van der Waals surface area (Å²) in [6, 6.07) is 3.60. The molecule has 98 valence electrons. The minimum absolute atomic E-state index is 0.0818. The van der Waals surface area contributed by atoms with Crippen molar-refractivity contribution in [1.82, 2.24) is 10.3 Å². The Morgan fingerprint density at radius 2 is 2.22 bits per heavy atom. The number of carbonyl (C=O) groups is 1. The van der Waals surface area contributed by atoms with Gasteiger partial charge in [0.1, 0.15) is 5.69 Å². The van der Waals surface area contributed by atoms with Crippen LogP contribution in [0.15, 0.2) is 22.8 Å². The quantitative estimate of drug-likeness (QED) is 0.860. The molecule has 1 aromatic rings. The Morgan fingerprint density at radius 3 is 2.83 bits per heavy atom. The van der Waals surface area contributed by atoms with E-state index < -0.39 is 0 Å². The first-order valence-electron chi connectivity index (χ1n) is 6.12. The first kappa shape index (κ1) is 13.8. The van der Waals surface area contributed by atoms with Crippen LogP contribution in [0.5, 0.6) is 0 Å². The lowest BCUT2D eigenvalue weighted by Gasteiger charge is -2.26. The maximum absolute atomic E-state index is 12.0. The second-order valence-electron chi connectivity index (χ2n) is 4.86. The van der Waals surface area contributed by atoms with Crippen LogP contribution >= 0.6 is 27.5 Å². The second-order valence-corrected chi connectivity index (χ2v) is 5.98. The fourth-order valence-corrected chi connectivity index (χ4v) is 3.18. The molecule has 1 heterocycles. The summed E-state index contributed by atoms with van der Waals surface area (Å²) in [5.74, 6) is 0.468. The zero-order valence-electron chi connectivity index (χ0n) is 10.1. The Bertz CT molecular complexity index is 433. The molecule has 3 nitrogen and oxygen atoms in total. The standard InChI is InChI=1S/C13H16BrClN2O/c14-10-4-3-7-16-11(10)12(18)17-9-13(8-15)5-1-2-6-13/h3-4,7H,1-2,5-6,8-9H2,(H,17,18). The van der Waals surface area contributed by atoms with Crippen LogP contribution < -0.4 is 5.32 Å². The molecule has 1 aliphatic carbocycles. The number of hydrogen-bond acceptors (Lipinski definition) is 2. The number of amides is 1. The molecule has 0 spiro atoms. The second kappa shape index (κ2) is 6.02. The van der Waals surface area contributed by atoms with Crippen LogP contribution in [0, 0.1) is 5.41 Å². The lowest BCUT2D eigenvalue weighted by atomic mass is 9.88. The third kappa shape index (κ3) is 3.04. The maximum Gasteiger partial charge on any atom is 0.271 e. The number of nitrogens with one attached hydrogen (secondary N) is 1. The molecule has 1 N–H and O–H groups in total. The van der Waals surface area contributed by atoms with Gasteiger partial charge in [-0.25, -0.2) is 4.98 Å². The predicted molar refractivity (Wildman–Crippen MR) is 75.9 cm³/mol. The zero-order chi connectivity index (χ0) is 13.0. The van der Waals surface area contributed by atoms with Crippen LogP contribution in [-0.4, -0.2) is 23.3 Å². The molecule has 0 atom stereocenters. The van der Waals surface area contributed by atoms with Gasteiger partial charge >= 0.3 is 0 Å².